The fourth-order valence-electron chi connectivity index (χ4n) is 2.47. The second-order valence-corrected chi connectivity index (χ2v) is 5.82. The molecule has 6 heteroatoms. The molecule has 0 saturated carbocycles. The van der Waals surface area contributed by atoms with Gasteiger partial charge in [0.05, 0.1) is 13.7 Å². The second kappa shape index (κ2) is 8.05. The van der Waals surface area contributed by atoms with Crippen LogP contribution in [0.15, 0.2) is 42.5 Å². The van der Waals surface area contributed by atoms with Gasteiger partial charge in [-0.1, -0.05) is 23.7 Å². The molecule has 0 unspecified atom stereocenters. The molecule has 0 saturated heterocycles. The maximum Gasteiger partial charge on any atom is 0.331 e. The summed E-state index contributed by atoms with van der Waals surface area (Å²) in [7, 11) is 1.59. The van der Waals surface area contributed by atoms with Crippen molar-refractivity contribution in [2.24, 2.45) is 0 Å². The Balaban J connectivity index is 1.64. The van der Waals surface area contributed by atoms with Gasteiger partial charge in [0, 0.05) is 22.2 Å². The van der Waals surface area contributed by atoms with Gasteiger partial charge in [-0.2, -0.15) is 0 Å². The standard InChI is InChI=1S/C19H17ClO5/c1-22-17-4-2-3-13(7-17)5-6-18(21)24-11-15-9-16(20)8-14-10-23-12-25-19(14)15/h2-9H,10-12H2,1H3/b6-5+. The maximum absolute atomic E-state index is 12.0. The lowest BCUT2D eigenvalue weighted by molar-refractivity contribution is -0.139. The van der Waals surface area contributed by atoms with Crippen molar-refractivity contribution in [2.75, 3.05) is 13.9 Å². The Hall–Kier alpha value is -2.50. The molecule has 0 amide bonds. The third-order valence-corrected chi connectivity index (χ3v) is 3.85. The van der Waals surface area contributed by atoms with E-state index < -0.39 is 5.97 Å². The van der Waals surface area contributed by atoms with E-state index in [4.69, 9.17) is 30.5 Å². The van der Waals surface area contributed by atoms with Crippen molar-refractivity contribution in [1.29, 1.82) is 0 Å². The van der Waals surface area contributed by atoms with E-state index in [9.17, 15) is 4.79 Å². The van der Waals surface area contributed by atoms with Crippen molar-refractivity contribution in [2.45, 2.75) is 13.2 Å². The third kappa shape index (κ3) is 4.53. The summed E-state index contributed by atoms with van der Waals surface area (Å²) in [5, 5.41) is 0.547. The van der Waals surface area contributed by atoms with Gasteiger partial charge in [-0.25, -0.2) is 4.79 Å². The van der Waals surface area contributed by atoms with Crippen LogP contribution in [0.3, 0.4) is 0 Å². The summed E-state index contributed by atoms with van der Waals surface area (Å²) in [6.45, 7) is 0.669. The lowest BCUT2D eigenvalue weighted by atomic mass is 10.1. The highest BCUT2D eigenvalue weighted by molar-refractivity contribution is 6.30. The van der Waals surface area contributed by atoms with Crippen LogP contribution in [0, 0.1) is 0 Å². The minimum absolute atomic E-state index is 0.0736. The first-order chi connectivity index (χ1) is 12.2. The van der Waals surface area contributed by atoms with E-state index in [1.165, 1.54) is 6.08 Å². The first kappa shape index (κ1) is 17.3. The Bertz CT molecular complexity index is 800. The summed E-state index contributed by atoms with van der Waals surface area (Å²) >= 11 is 6.09. The van der Waals surface area contributed by atoms with Crippen LogP contribution in [0.5, 0.6) is 11.5 Å². The van der Waals surface area contributed by atoms with Gasteiger partial charge < -0.3 is 18.9 Å². The van der Waals surface area contributed by atoms with Crippen molar-refractivity contribution in [3.8, 4) is 11.5 Å². The summed E-state index contributed by atoms with van der Waals surface area (Å²) in [6.07, 6.45) is 3.04. The number of carbonyl (C=O) groups is 1. The smallest absolute Gasteiger partial charge is 0.331 e. The number of methoxy groups -OCH3 is 1. The van der Waals surface area contributed by atoms with Crippen LogP contribution in [0.4, 0.5) is 0 Å². The Morgan fingerprint density at radius 1 is 1.32 bits per heavy atom. The van der Waals surface area contributed by atoms with Gasteiger partial charge in [0.25, 0.3) is 0 Å². The lowest BCUT2D eigenvalue weighted by Gasteiger charge is -2.20. The van der Waals surface area contributed by atoms with E-state index >= 15 is 0 Å². The first-order valence-corrected chi connectivity index (χ1v) is 8.04. The molecule has 0 aliphatic carbocycles. The highest BCUT2D eigenvalue weighted by Crippen LogP contribution is 2.32. The minimum atomic E-state index is -0.455. The van der Waals surface area contributed by atoms with Crippen LogP contribution in [-0.2, 0) is 27.5 Å². The fraction of sp³-hybridized carbons (Fsp3) is 0.211. The van der Waals surface area contributed by atoms with Crippen LogP contribution in [0.2, 0.25) is 5.02 Å². The molecule has 0 spiro atoms. The zero-order chi connectivity index (χ0) is 17.6. The second-order valence-electron chi connectivity index (χ2n) is 5.38. The predicted octanol–water partition coefficient (Wildman–Crippen LogP) is 3.97. The van der Waals surface area contributed by atoms with E-state index in [2.05, 4.69) is 0 Å². The number of halogens is 1. The zero-order valence-electron chi connectivity index (χ0n) is 13.7. The molecule has 2 aromatic rings. The minimum Gasteiger partial charge on any atom is -0.497 e. The number of hydrogen-bond acceptors (Lipinski definition) is 5. The van der Waals surface area contributed by atoms with Crippen molar-refractivity contribution in [1.82, 2.24) is 0 Å². The number of benzene rings is 2. The molecule has 0 bridgehead atoms. The molecule has 130 valence electrons. The Morgan fingerprint density at radius 2 is 2.20 bits per heavy atom. The van der Waals surface area contributed by atoms with Crippen LogP contribution in [0.1, 0.15) is 16.7 Å². The average molecular weight is 361 g/mol. The number of rotatable bonds is 5. The van der Waals surface area contributed by atoms with E-state index in [-0.39, 0.29) is 13.4 Å². The molecular weight excluding hydrogens is 344 g/mol. The van der Waals surface area contributed by atoms with Crippen LogP contribution >= 0.6 is 11.6 Å². The molecule has 1 heterocycles. The molecule has 0 N–H and O–H groups in total. The third-order valence-electron chi connectivity index (χ3n) is 3.63. The summed E-state index contributed by atoms with van der Waals surface area (Å²) < 4.78 is 21.2. The largest absolute Gasteiger partial charge is 0.497 e. The summed E-state index contributed by atoms with van der Waals surface area (Å²) in [6, 6.07) is 10.9. The summed E-state index contributed by atoms with van der Waals surface area (Å²) in [5.74, 6) is 0.935. The summed E-state index contributed by atoms with van der Waals surface area (Å²) in [4.78, 5) is 12.0. The van der Waals surface area contributed by atoms with Crippen LogP contribution in [-0.4, -0.2) is 19.9 Å². The highest BCUT2D eigenvalue weighted by Gasteiger charge is 2.17. The molecule has 0 aromatic heterocycles. The Labute approximate surface area is 150 Å². The maximum atomic E-state index is 12.0. The monoisotopic (exact) mass is 360 g/mol. The molecule has 25 heavy (non-hydrogen) atoms. The van der Waals surface area contributed by atoms with Crippen molar-refractivity contribution in [3.05, 3.63) is 64.2 Å². The van der Waals surface area contributed by atoms with Crippen molar-refractivity contribution in [3.63, 3.8) is 0 Å². The number of esters is 1. The first-order valence-electron chi connectivity index (χ1n) is 7.66. The zero-order valence-corrected chi connectivity index (χ0v) is 14.4. The molecule has 5 nitrogen and oxygen atoms in total. The van der Waals surface area contributed by atoms with Gasteiger partial charge >= 0.3 is 5.97 Å². The average Bonchev–Trinajstić information content (AvgIpc) is 2.64. The Kier molecular flexibility index (Phi) is 5.58. The fourth-order valence-corrected chi connectivity index (χ4v) is 2.73. The van der Waals surface area contributed by atoms with Gasteiger partial charge in [0.1, 0.15) is 18.1 Å². The van der Waals surface area contributed by atoms with Gasteiger partial charge in [0.15, 0.2) is 6.79 Å². The van der Waals surface area contributed by atoms with Gasteiger partial charge in [-0.05, 0) is 35.9 Å². The van der Waals surface area contributed by atoms with Gasteiger partial charge in [0.2, 0.25) is 0 Å². The number of carbonyl (C=O) groups excluding carboxylic acids is 1. The molecule has 1 aliphatic heterocycles. The topological polar surface area (TPSA) is 54.0 Å². The van der Waals surface area contributed by atoms with E-state index in [0.717, 1.165) is 16.9 Å². The van der Waals surface area contributed by atoms with Crippen LogP contribution in [0.25, 0.3) is 6.08 Å². The Morgan fingerprint density at radius 3 is 3.04 bits per heavy atom. The molecule has 0 atom stereocenters. The lowest BCUT2D eigenvalue weighted by Crippen LogP contribution is -2.14. The van der Waals surface area contributed by atoms with Gasteiger partial charge in [-0.3, -0.25) is 0 Å². The van der Waals surface area contributed by atoms with E-state index in [1.807, 2.05) is 24.3 Å². The summed E-state index contributed by atoms with van der Waals surface area (Å²) in [5.41, 5.74) is 2.41. The number of hydrogen-bond donors (Lipinski definition) is 0. The molecular formula is C19H17ClO5. The SMILES string of the molecule is COc1cccc(/C=C/C(=O)OCc2cc(Cl)cc3c2OCOC3)c1. The molecule has 1 aliphatic rings. The van der Waals surface area contributed by atoms with Crippen molar-refractivity contribution >= 4 is 23.6 Å². The molecule has 0 radical (unpaired) electrons. The van der Waals surface area contributed by atoms with E-state index in [1.54, 1.807) is 25.3 Å². The van der Waals surface area contributed by atoms with E-state index in [0.29, 0.717) is 22.9 Å². The number of ether oxygens (including phenoxy) is 4. The predicted molar refractivity (Wildman–Crippen MR) is 93.6 cm³/mol. The van der Waals surface area contributed by atoms with Crippen molar-refractivity contribution < 1.29 is 23.7 Å². The van der Waals surface area contributed by atoms with Crippen LogP contribution < -0.4 is 9.47 Å². The quantitative estimate of drug-likeness (QED) is 0.596. The highest BCUT2D eigenvalue weighted by atomic mass is 35.5. The molecule has 3 rings (SSSR count). The van der Waals surface area contributed by atoms with Gasteiger partial charge in [-0.15, -0.1) is 0 Å². The normalized spacial score (nSPS) is 13.2. The molecule has 0 fully saturated rings. The molecule has 2 aromatic carbocycles. The number of fused-ring (bicyclic) bond motifs is 1.